The summed E-state index contributed by atoms with van der Waals surface area (Å²) in [6.45, 7) is 4.35. The van der Waals surface area contributed by atoms with Crippen LogP contribution in [0.4, 0.5) is 0 Å². The average Bonchev–Trinajstić information content (AvgIpc) is 2.43. The molecule has 1 rings (SSSR count). The Hall–Kier alpha value is -1.31. The molecule has 0 radical (unpaired) electrons. The highest BCUT2D eigenvalue weighted by Gasteiger charge is 2.11. The summed E-state index contributed by atoms with van der Waals surface area (Å²) in [6, 6.07) is 9.76. The van der Waals surface area contributed by atoms with Gasteiger partial charge in [-0.3, -0.25) is 4.79 Å². The monoisotopic (exact) mass is 247 g/mol. The zero-order valence-corrected chi connectivity index (χ0v) is 11.6. The largest absolute Gasteiger partial charge is 0.349 e. The van der Waals surface area contributed by atoms with Gasteiger partial charge < -0.3 is 5.32 Å². The summed E-state index contributed by atoms with van der Waals surface area (Å²) < 4.78 is 0. The summed E-state index contributed by atoms with van der Waals surface area (Å²) in [5.41, 5.74) is 0.754. The number of hydrogen-bond acceptors (Lipinski definition) is 1. The van der Waals surface area contributed by atoms with E-state index < -0.39 is 0 Å². The second-order valence-electron chi connectivity index (χ2n) is 4.79. The van der Waals surface area contributed by atoms with Crippen LogP contribution in [0.15, 0.2) is 30.3 Å². The fourth-order valence-electron chi connectivity index (χ4n) is 2.05. The van der Waals surface area contributed by atoms with Crippen molar-refractivity contribution >= 4 is 5.91 Å². The zero-order chi connectivity index (χ0) is 13.2. The molecular weight excluding hydrogens is 222 g/mol. The summed E-state index contributed by atoms with van der Waals surface area (Å²) in [7, 11) is 0. The molecule has 0 saturated carbocycles. The molecule has 0 fully saturated rings. The molecule has 1 atom stereocenters. The minimum absolute atomic E-state index is 0.0536. The van der Waals surface area contributed by atoms with Gasteiger partial charge in [-0.15, -0.1) is 0 Å². The Kier molecular flexibility index (Phi) is 7.16. The zero-order valence-electron chi connectivity index (χ0n) is 11.6. The number of carbonyl (C=O) groups is 1. The van der Waals surface area contributed by atoms with E-state index in [1.54, 1.807) is 0 Å². The van der Waals surface area contributed by atoms with Gasteiger partial charge in [0.15, 0.2) is 0 Å². The van der Waals surface area contributed by atoms with Gasteiger partial charge in [0.25, 0.3) is 5.91 Å². The molecular formula is C16H25NO. The highest BCUT2D eigenvalue weighted by Crippen LogP contribution is 2.09. The molecule has 1 amide bonds. The fraction of sp³-hybridized carbons (Fsp3) is 0.562. The highest BCUT2D eigenvalue weighted by atomic mass is 16.1. The molecule has 0 unspecified atom stereocenters. The maximum atomic E-state index is 12.0. The molecule has 0 spiro atoms. The maximum absolute atomic E-state index is 12.0. The van der Waals surface area contributed by atoms with Gasteiger partial charge in [-0.2, -0.15) is 0 Å². The third-order valence-electron chi connectivity index (χ3n) is 3.27. The van der Waals surface area contributed by atoms with E-state index in [1.165, 1.54) is 25.7 Å². The normalized spacial score (nSPS) is 12.1. The molecule has 1 N–H and O–H groups in total. The lowest BCUT2D eigenvalue weighted by Crippen LogP contribution is -2.34. The van der Waals surface area contributed by atoms with Crippen molar-refractivity contribution in [2.75, 3.05) is 0 Å². The smallest absolute Gasteiger partial charge is 0.251 e. The molecule has 1 aromatic rings. The van der Waals surface area contributed by atoms with Crippen molar-refractivity contribution in [2.24, 2.45) is 0 Å². The van der Waals surface area contributed by atoms with Crippen molar-refractivity contribution in [3.05, 3.63) is 35.9 Å². The van der Waals surface area contributed by atoms with Gasteiger partial charge in [0.1, 0.15) is 0 Å². The number of carbonyl (C=O) groups excluding carboxylic acids is 1. The van der Waals surface area contributed by atoms with Crippen molar-refractivity contribution in [1.82, 2.24) is 5.32 Å². The third kappa shape index (κ3) is 5.35. The lowest BCUT2D eigenvalue weighted by molar-refractivity contribution is 0.0933. The lowest BCUT2D eigenvalue weighted by atomic mass is 10.0. The van der Waals surface area contributed by atoms with Crippen LogP contribution in [-0.2, 0) is 0 Å². The maximum Gasteiger partial charge on any atom is 0.251 e. The van der Waals surface area contributed by atoms with Gasteiger partial charge in [-0.05, 0) is 25.0 Å². The molecule has 0 aliphatic carbocycles. The Morgan fingerprint density at radius 2 is 1.83 bits per heavy atom. The SMILES string of the molecule is CCCCCC[C@@H](CC)NC(=O)c1ccccc1. The minimum Gasteiger partial charge on any atom is -0.349 e. The van der Waals surface area contributed by atoms with Crippen LogP contribution in [0.3, 0.4) is 0 Å². The summed E-state index contributed by atoms with van der Waals surface area (Å²) in [4.78, 5) is 12.0. The Labute approximate surface area is 111 Å². The van der Waals surface area contributed by atoms with E-state index in [1.807, 2.05) is 30.3 Å². The van der Waals surface area contributed by atoms with E-state index in [9.17, 15) is 4.79 Å². The van der Waals surface area contributed by atoms with Crippen LogP contribution in [0, 0.1) is 0 Å². The molecule has 0 bridgehead atoms. The van der Waals surface area contributed by atoms with E-state index in [0.717, 1.165) is 18.4 Å². The predicted octanol–water partition coefficient (Wildman–Crippen LogP) is 4.17. The van der Waals surface area contributed by atoms with Crippen LogP contribution in [0.2, 0.25) is 0 Å². The first-order valence-electron chi connectivity index (χ1n) is 7.13. The number of hydrogen-bond donors (Lipinski definition) is 1. The molecule has 100 valence electrons. The predicted molar refractivity (Wildman–Crippen MR) is 76.7 cm³/mol. The van der Waals surface area contributed by atoms with Crippen LogP contribution in [0.1, 0.15) is 62.7 Å². The van der Waals surface area contributed by atoms with Crippen LogP contribution >= 0.6 is 0 Å². The van der Waals surface area contributed by atoms with Crippen LogP contribution in [-0.4, -0.2) is 11.9 Å². The first-order valence-corrected chi connectivity index (χ1v) is 7.13. The third-order valence-corrected chi connectivity index (χ3v) is 3.27. The first kappa shape index (κ1) is 14.7. The molecule has 18 heavy (non-hydrogen) atoms. The quantitative estimate of drug-likeness (QED) is 0.686. The van der Waals surface area contributed by atoms with Gasteiger partial charge in [-0.25, -0.2) is 0 Å². The molecule has 0 saturated heterocycles. The minimum atomic E-state index is 0.0536. The van der Waals surface area contributed by atoms with Gasteiger partial charge in [0, 0.05) is 11.6 Å². The summed E-state index contributed by atoms with van der Waals surface area (Å²) in [5.74, 6) is 0.0536. The Balaban J connectivity index is 2.36. The second-order valence-corrected chi connectivity index (χ2v) is 4.79. The second kappa shape index (κ2) is 8.73. The first-order chi connectivity index (χ1) is 8.77. The van der Waals surface area contributed by atoms with Crippen molar-refractivity contribution < 1.29 is 4.79 Å². The molecule has 2 heteroatoms. The fourth-order valence-corrected chi connectivity index (χ4v) is 2.05. The van der Waals surface area contributed by atoms with Crippen LogP contribution < -0.4 is 5.32 Å². The van der Waals surface area contributed by atoms with E-state index >= 15 is 0 Å². The van der Waals surface area contributed by atoms with Gasteiger partial charge >= 0.3 is 0 Å². The number of amides is 1. The van der Waals surface area contributed by atoms with E-state index in [-0.39, 0.29) is 5.91 Å². The van der Waals surface area contributed by atoms with Crippen LogP contribution in [0.5, 0.6) is 0 Å². The van der Waals surface area contributed by atoms with E-state index in [4.69, 9.17) is 0 Å². The van der Waals surface area contributed by atoms with Crippen molar-refractivity contribution in [3.63, 3.8) is 0 Å². The number of nitrogens with one attached hydrogen (secondary N) is 1. The van der Waals surface area contributed by atoms with Gasteiger partial charge in [0.2, 0.25) is 0 Å². The molecule has 0 heterocycles. The van der Waals surface area contributed by atoms with Crippen molar-refractivity contribution in [1.29, 1.82) is 0 Å². The van der Waals surface area contributed by atoms with Gasteiger partial charge in [0.05, 0.1) is 0 Å². The lowest BCUT2D eigenvalue weighted by Gasteiger charge is -2.16. The Morgan fingerprint density at radius 3 is 2.44 bits per heavy atom. The average molecular weight is 247 g/mol. The van der Waals surface area contributed by atoms with Crippen LogP contribution in [0.25, 0.3) is 0 Å². The molecule has 2 nitrogen and oxygen atoms in total. The Bertz CT molecular complexity index is 334. The topological polar surface area (TPSA) is 29.1 Å². The summed E-state index contributed by atoms with van der Waals surface area (Å²) in [6.07, 6.45) is 7.13. The Morgan fingerprint density at radius 1 is 1.11 bits per heavy atom. The number of unbranched alkanes of at least 4 members (excludes halogenated alkanes) is 3. The summed E-state index contributed by atoms with van der Waals surface area (Å²) >= 11 is 0. The number of benzene rings is 1. The standard InChI is InChI=1S/C16H25NO/c1-3-5-6-10-13-15(4-2)17-16(18)14-11-8-7-9-12-14/h7-9,11-12,15H,3-6,10,13H2,1-2H3,(H,17,18)/t15-/m1/s1. The van der Waals surface area contributed by atoms with Gasteiger partial charge in [-0.1, -0.05) is 57.7 Å². The van der Waals surface area contributed by atoms with Crippen molar-refractivity contribution in [2.45, 2.75) is 58.4 Å². The van der Waals surface area contributed by atoms with E-state index in [0.29, 0.717) is 6.04 Å². The molecule has 0 aromatic heterocycles. The van der Waals surface area contributed by atoms with E-state index in [2.05, 4.69) is 19.2 Å². The highest BCUT2D eigenvalue weighted by molar-refractivity contribution is 5.94. The summed E-state index contributed by atoms with van der Waals surface area (Å²) in [5, 5.41) is 3.12. The van der Waals surface area contributed by atoms with Crippen molar-refractivity contribution in [3.8, 4) is 0 Å². The number of rotatable bonds is 8. The molecule has 1 aromatic carbocycles. The molecule has 0 aliphatic rings. The molecule has 0 aliphatic heterocycles.